The molecular formula is C14H20N4O. The van der Waals surface area contributed by atoms with Crippen molar-refractivity contribution in [1.82, 2.24) is 9.88 Å². The van der Waals surface area contributed by atoms with Gasteiger partial charge in [0.1, 0.15) is 11.9 Å². The highest BCUT2D eigenvalue weighted by molar-refractivity contribution is 5.55. The van der Waals surface area contributed by atoms with Gasteiger partial charge in [0.15, 0.2) is 0 Å². The van der Waals surface area contributed by atoms with Gasteiger partial charge in [-0.1, -0.05) is 0 Å². The first-order valence-electron chi connectivity index (χ1n) is 6.63. The predicted molar refractivity (Wildman–Crippen MR) is 74.0 cm³/mol. The maximum atomic E-state index is 9.18. The van der Waals surface area contributed by atoms with Gasteiger partial charge in [0.25, 0.3) is 0 Å². The van der Waals surface area contributed by atoms with Crippen molar-refractivity contribution < 1.29 is 4.74 Å². The number of nitriles is 1. The van der Waals surface area contributed by atoms with Crippen LogP contribution in [0.5, 0.6) is 0 Å². The van der Waals surface area contributed by atoms with Crippen LogP contribution in [0.1, 0.15) is 18.1 Å². The van der Waals surface area contributed by atoms with E-state index in [9.17, 15) is 5.26 Å². The van der Waals surface area contributed by atoms with Gasteiger partial charge in [-0.3, -0.25) is 4.90 Å². The number of hydrogen-bond acceptors (Lipinski definition) is 5. The molecule has 1 aliphatic heterocycles. The third kappa shape index (κ3) is 3.66. The number of pyridine rings is 1. The van der Waals surface area contributed by atoms with Gasteiger partial charge in [-0.25, -0.2) is 4.98 Å². The van der Waals surface area contributed by atoms with Crippen LogP contribution in [0.2, 0.25) is 0 Å². The molecule has 1 atom stereocenters. The molecule has 2 heterocycles. The molecule has 1 fully saturated rings. The average Bonchev–Trinajstić information content (AvgIpc) is 2.40. The minimum atomic E-state index is 0.250. The summed E-state index contributed by atoms with van der Waals surface area (Å²) in [6, 6.07) is 4.32. The van der Waals surface area contributed by atoms with Crippen molar-refractivity contribution in [3.8, 4) is 6.07 Å². The fourth-order valence-electron chi connectivity index (χ4n) is 2.26. The van der Waals surface area contributed by atoms with Crippen molar-refractivity contribution in [2.75, 3.05) is 38.2 Å². The van der Waals surface area contributed by atoms with Crippen LogP contribution in [-0.2, 0) is 4.74 Å². The van der Waals surface area contributed by atoms with Gasteiger partial charge in [-0.2, -0.15) is 5.26 Å². The summed E-state index contributed by atoms with van der Waals surface area (Å²) in [4.78, 5) is 6.63. The Bertz CT molecular complexity index is 463. The minimum Gasteiger partial charge on any atom is -0.379 e. The van der Waals surface area contributed by atoms with Gasteiger partial charge in [-0.15, -0.1) is 0 Å². The van der Waals surface area contributed by atoms with Gasteiger partial charge in [0, 0.05) is 31.9 Å². The molecule has 0 aliphatic carbocycles. The van der Waals surface area contributed by atoms with E-state index in [-0.39, 0.29) is 6.04 Å². The second kappa shape index (κ2) is 6.50. The number of ether oxygens (including phenoxy) is 1. The SMILES string of the molecule is Cc1ccnc(NC(C)CN2CCOCC2)c1C#N. The Kier molecular flexibility index (Phi) is 4.72. The Morgan fingerprint density at radius 3 is 2.95 bits per heavy atom. The highest BCUT2D eigenvalue weighted by atomic mass is 16.5. The molecule has 19 heavy (non-hydrogen) atoms. The Hall–Kier alpha value is -1.64. The average molecular weight is 260 g/mol. The van der Waals surface area contributed by atoms with Crippen LogP contribution < -0.4 is 5.32 Å². The Morgan fingerprint density at radius 1 is 1.53 bits per heavy atom. The van der Waals surface area contributed by atoms with Crippen LogP contribution in [0.25, 0.3) is 0 Å². The van der Waals surface area contributed by atoms with Gasteiger partial charge in [0.05, 0.1) is 18.8 Å². The van der Waals surface area contributed by atoms with E-state index in [2.05, 4.69) is 28.2 Å². The molecular weight excluding hydrogens is 240 g/mol. The Morgan fingerprint density at radius 2 is 2.26 bits per heavy atom. The van der Waals surface area contributed by atoms with Crippen molar-refractivity contribution in [2.45, 2.75) is 19.9 Å². The van der Waals surface area contributed by atoms with Crippen LogP contribution >= 0.6 is 0 Å². The molecule has 1 aromatic heterocycles. The molecule has 5 nitrogen and oxygen atoms in total. The zero-order valence-corrected chi connectivity index (χ0v) is 11.5. The quantitative estimate of drug-likeness (QED) is 0.886. The third-order valence-corrected chi connectivity index (χ3v) is 3.29. The Labute approximate surface area is 114 Å². The number of nitrogens with zero attached hydrogens (tertiary/aromatic N) is 3. The highest BCUT2D eigenvalue weighted by Gasteiger charge is 2.15. The van der Waals surface area contributed by atoms with Crippen molar-refractivity contribution in [3.63, 3.8) is 0 Å². The molecule has 0 saturated carbocycles. The van der Waals surface area contributed by atoms with Crippen molar-refractivity contribution in [1.29, 1.82) is 5.26 Å². The molecule has 1 unspecified atom stereocenters. The van der Waals surface area contributed by atoms with E-state index in [0.717, 1.165) is 38.4 Å². The van der Waals surface area contributed by atoms with E-state index in [1.54, 1.807) is 6.20 Å². The largest absolute Gasteiger partial charge is 0.379 e. The van der Waals surface area contributed by atoms with Gasteiger partial charge >= 0.3 is 0 Å². The molecule has 5 heteroatoms. The van der Waals surface area contributed by atoms with Crippen LogP contribution in [0.4, 0.5) is 5.82 Å². The van der Waals surface area contributed by atoms with E-state index in [4.69, 9.17) is 4.74 Å². The van der Waals surface area contributed by atoms with Gasteiger partial charge in [-0.05, 0) is 25.5 Å². The highest BCUT2D eigenvalue weighted by Crippen LogP contribution is 2.16. The fourth-order valence-corrected chi connectivity index (χ4v) is 2.26. The summed E-state index contributed by atoms with van der Waals surface area (Å²) in [6.45, 7) is 8.52. The molecule has 0 amide bonds. The zero-order chi connectivity index (χ0) is 13.7. The lowest BCUT2D eigenvalue weighted by atomic mass is 10.1. The smallest absolute Gasteiger partial charge is 0.144 e. The van der Waals surface area contributed by atoms with Gasteiger partial charge in [0.2, 0.25) is 0 Å². The first-order chi connectivity index (χ1) is 9.20. The van der Waals surface area contributed by atoms with Crippen molar-refractivity contribution >= 4 is 5.82 Å². The second-order valence-corrected chi connectivity index (χ2v) is 4.92. The lowest BCUT2D eigenvalue weighted by Crippen LogP contribution is -2.42. The molecule has 102 valence electrons. The summed E-state index contributed by atoms with van der Waals surface area (Å²) < 4.78 is 5.33. The summed E-state index contributed by atoms with van der Waals surface area (Å²) in [5.41, 5.74) is 1.59. The molecule has 0 bridgehead atoms. The minimum absolute atomic E-state index is 0.250. The molecule has 0 aromatic carbocycles. The van der Waals surface area contributed by atoms with Crippen molar-refractivity contribution in [3.05, 3.63) is 23.4 Å². The summed E-state index contributed by atoms with van der Waals surface area (Å²) in [7, 11) is 0. The van der Waals surface area contributed by atoms with Crippen LogP contribution in [0.15, 0.2) is 12.3 Å². The monoisotopic (exact) mass is 260 g/mol. The van der Waals surface area contributed by atoms with Crippen LogP contribution in [0, 0.1) is 18.3 Å². The lowest BCUT2D eigenvalue weighted by molar-refractivity contribution is 0.0368. The molecule has 1 aromatic rings. The van der Waals surface area contributed by atoms with E-state index >= 15 is 0 Å². The molecule has 0 spiro atoms. The van der Waals surface area contributed by atoms with E-state index in [1.807, 2.05) is 13.0 Å². The predicted octanol–water partition coefficient (Wildman–Crippen LogP) is 1.39. The molecule has 1 N–H and O–H groups in total. The van der Waals surface area contributed by atoms with E-state index in [0.29, 0.717) is 11.4 Å². The number of aryl methyl sites for hydroxylation is 1. The Balaban J connectivity index is 1.97. The maximum absolute atomic E-state index is 9.18. The number of aromatic nitrogens is 1. The standard InChI is InChI=1S/C14H20N4O/c1-11-3-4-16-14(13(11)9-15)17-12(2)10-18-5-7-19-8-6-18/h3-4,12H,5-8,10H2,1-2H3,(H,16,17). The molecule has 0 radical (unpaired) electrons. The third-order valence-electron chi connectivity index (χ3n) is 3.29. The number of morpholine rings is 1. The lowest BCUT2D eigenvalue weighted by Gasteiger charge is -2.29. The maximum Gasteiger partial charge on any atom is 0.144 e. The first kappa shape index (κ1) is 13.8. The number of nitrogens with one attached hydrogen (secondary N) is 1. The number of hydrogen-bond donors (Lipinski definition) is 1. The molecule has 1 saturated heterocycles. The zero-order valence-electron chi connectivity index (χ0n) is 11.5. The topological polar surface area (TPSA) is 61.2 Å². The van der Waals surface area contributed by atoms with Crippen molar-refractivity contribution in [2.24, 2.45) is 0 Å². The normalized spacial score (nSPS) is 17.7. The number of rotatable bonds is 4. The van der Waals surface area contributed by atoms with Crippen LogP contribution in [-0.4, -0.2) is 48.8 Å². The second-order valence-electron chi connectivity index (χ2n) is 4.92. The van der Waals surface area contributed by atoms with E-state index in [1.165, 1.54) is 0 Å². The first-order valence-corrected chi connectivity index (χ1v) is 6.63. The summed E-state index contributed by atoms with van der Waals surface area (Å²) >= 11 is 0. The summed E-state index contributed by atoms with van der Waals surface area (Å²) in [5.74, 6) is 0.684. The number of anilines is 1. The van der Waals surface area contributed by atoms with Crippen LogP contribution in [0.3, 0.4) is 0 Å². The summed E-state index contributed by atoms with van der Waals surface area (Å²) in [6.07, 6.45) is 1.74. The fraction of sp³-hybridized carbons (Fsp3) is 0.571. The molecule has 2 rings (SSSR count). The van der Waals surface area contributed by atoms with Gasteiger partial charge < -0.3 is 10.1 Å². The molecule has 1 aliphatic rings. The van der Waals surface area contributed by atoms with E-state index < -0.39 is 0 Å². The summed E-state index contributed by atoms with van der Waals surface area (Å²) in [5, 5.41) is 12.5.